The van der Waals surface area contributed by atoms with Crippen LogP contribution < -0.4 is 0 Å². The van der Waals surface area contributed by atoms with Gasteiger partial charge in [0.15, 0.2) is 0 Å². The first-order chi connectivity index (χ1) is 2.27. The maximum Gasteiger partial charge on any atom is 0.118 e. The maximum atomic E-state index is 4.96. The summed E-state index contributed by atoms with van der Waals surface area (Å²) in [6.07, 6.45) is 0. The van der Waals surface area contributed by atoms with Gasteiger partial charge >= 0.3 is 0 Å². The van der Waals surface area contributed by atoms with Gasteiger partial charge < -0.3 is 0 Å². The second-order valence-corrected chi connectivity index (χ2v) is 1.62. The molecule has 5 heteroatoms. The van der Waals surface area contributed by atoms with Crippen LogP contribution >= 0.6 is 68.8 Å². The SMILES string of the molecule is Br.Br.ClC=C(Cl)Cl. The van der Waals surface area contributed by atoms with E-state index >= 15 is 0 Å². The van der Waals surface area contributed by atoms with Crippen molar-refractivity contribution in [1.82, 2.24) is 0 Å². The lowest BCUT2D eigenvalue weighted by molar-refractivity contribution is 2.36. The molecule has 0 bridgehead atoms. The van der Waals surface area contributed by atoms with Crippen LogP contribution in [0.1, 0.15) is 0 Å². The molecule has 0 saturated carbocycles. The number of rotatable bonds is 0. The minimum Gasteiger partial charge on any atom is -0.114 e. The Morgan fingerprint density at radius 2 is 1.29 bits per heavy atom. The molecule has 0 amide bonds. The van der Waals surface area contributed by atoms with E-state index in [9.17, 15) is 0 Å². The molecule has 0 aliphatic heterocycles. The summed E-state index contributed by atoms with van der Waals surface area (Å²) in [4.78, 5) is 0. The van der Waals surface area contributed by atoms with E-state index in [1.807, 2.05) is 0 Å². The first kappa shape index (κ1) is 15.8. The van der Waals surface area contributed by atoms with Crippen LogP contribution in [0, 0.1) is 0 Å². The van der Waals surface area contributed by atoms with Crippen molar-refractivity contribution in [3.05, 3.63) is 10.0 Å². The van der Waals surface area contributed by atoms with E-state index in [4.69, 9.17) is 34.8 Å². The Morgan fingerprint density at radius 1 is 1.14 bits per heavy atom. The molecule has 0 saturated heterocycles. The van der Waals surface area contributed by atoms with Crippen LogP contribution in [0.4, 0.5) is 0 Å². The van der Waals surface area contributed by atoms with Gasteiger partial charge in [0.05, 0.1) is 0 Å². The van der Waals surface area contributed by atoms with Crippen molar-refractivity contribution in [3.63, 3.8) is 0 Å². The van der Waals surface area contributed by atoms with Crippen molar-refractivity contribution in [2.75, 3.05) is 0 Å². The van der Waals surface area contributed by atoms with E-state index in [-0.39, 0.29) is 38.5 Å². The number of hydrogen-bond donors (Lipinski definition) is 0. The first-order valence-corrected chi connectivity index (χ1v) is 2.08. The van der Waals surface area contributed by atoms with Gasteiger partial charge in [-0.2, -0.15) is 0 Å². The third-order valence-corrected chi connectivity index (χ3v) is 0.742. The molecule has 0 aromatic carbocycles. The largest absolute Gasteiger partial charge is 0.118 e. The summed E-state index contributed by atoms with van der Waals surface area (Å²) in [6, 6.07) is 0. The van der Waals surface area contributed by atoms with Gasteiger partial charge in [-0.05, 0) is 0 Å². The average molecular weight is 293 g/mol. The van der Waals surface area contributed by atoms with Crippen LogP contribution in [0.15, 0.2) is 10.0 Å². The summed E-state index contributed by atoms with van der Waals surface area (Å²) in [5.74, 6) is 0. The van der Waals surface area contributed by atoms with Crippen LogP contribution in [0.2, 0.25) is 0 Å². The van der Waals surface area contributed by atoms with Gasteiger partial charge in [-0.3, -0.25) is 0 Å². The zero-order valence-electron chi connectivity index (χ0n) is 3.03. The fraction of sp³-hybridized carbons (Fsp3) is 0. The molecular formula is C2H3Br2Cl3. The summed E-state index contributed by atoms with van der Waals surface area (Å²) >= 11 is 14.8. The molecule has 0 aromatic heterocycles. The van der Waals surface area contributed by atoms with E-state index in [2.05, 4.69) is 0 Å². The Bertz CT molecular complexity index is 48.9. The van der Waals surface area contributed by atoms with E-state index < -0.39 is 0 Å². The molecule has 0 nitrogen and oxygen atoms in total. The number of halogens is 5. The molecule has 46 valence electrons. The maximum absolute atomic E-state index is 4.96. The van der Waals surface area contributed by atoms with Gasteiger partial charge in [0.1, 0.15) is 4.49 Å². The van der Waals surface area contributed by atoms with Gasteiger partial charge in [0.2, 0.25) is 0 Å². The molecule has 0 aliphatic carbocycles. The van der Waals surface area contributed by atoms with Crippen LogP contribution in [-0.2, 0) is 0 Å². The summed E-state index contributed by atoms with van der Waals surface area (Å²) in [5.41, 5.74) is 1.09. The van der Waals surface area contributed by atoms with Crippen molar-refractivity contribution in [1.29, 1.82) is 0 Å². The molecule has 0 atom stereocenters. The summed E-state index contributed by atoms with van der Waals surface area (Å²) in [7, 11) is 0. The third kappa shape index (κ3) is 18.4. The van der Waals surface area contributed by atoms with Crippen molar-refractivity contribution >= 4 is 68.8 Å². The molecule has 7 heavy (non-hydrogen) atoms. The molecule has 0 rings (SSSR count). The van der Waals surface area contributed by atoms with E-state index in [1.54, 1.807) is 0 Å². The normalized spacial score (nSPS) is 5.00. The smallest absolute Gasteiger partial charge is 0.114 e. The molecule has 0 radical (unpaired) electrons. The topological polar surface area (TPSA) is 0 Å². The molecule has 0 heterocycles. The molecule has 0 aromatic rings. The van der Waals surface area contributed by atoms with Crippen molar-refractivity contribution < 1.29 is 0 Å². The van der Waals surface area contributed by atoms with Crippen LogP contribution in [-0.4, -0.2) is 0 Å². The second-order valence-electron chi connectivity index (χ2n) is 0.399. The van der Waals surface area contributed by atoms with E-state index in [0.717, 1.165) is 5.54 Å². The molecule has 0 N–H and O–H groups in total. The van der Waals surface area contributed by atoms with Crippen LogP contribution in [0.3, 0.4) is 0 Å². The molecular weight excluding hydrogens is 290 g/mol. The highest BCUT2D eigenvalue weighted by atomic mass is 79.9. The second kappa shape index (κ2) is 10.5. The van der Waals surface area contributed by atoms with Gasteiger partial charge in [-0.1, -0.05) is 34.8 Å². The lowest BCUT2D eigenvalue weighted by Gasteiger charge is -1.64. The highest BCUT2D eigenvalue weighted by Gasteiger charge is 1.70. The van der Waals surface area contributed by atoms with Crippen LogP contribution in [0.25, 0.3) is 0 Å². The molecule has 0 spiro atoms. The van der Waals surface area contributed by atoms with E-state index in [0.29, 0.717) is 0 Å². The Labute approximate surface area is 78.3 Å². The number of hydrogen-bond acceptors (Lipinski definition) is 0. The lowest BCUT2D eigenvalue weighted by atomic mass is 11.2. The zero-order chi connectivity index (χ0) is 4.28. The summed E-state index contributed by atoms with van der Waals surface area (Å²) in [6.45, 7) is 0. The lowest BCUT2D eigenvalue weighted by Crippen LogP contribution is -1.33. The van der Waals surface area contributed by atoms with Crippen molar-refractivity contribution in [2.45, 2.75) is 0 Å². The first-order valence-electron chi connectivity index (χ1n) is 0.885. The average Bonchev–Trinajstić information content (AvgIpc) is 1.38. The third-order valence-electron chi connectivity index (χ3n) is 0.0825. The molecule has 0 unspecified atom stereocenters. The van der Waals surface area contributed by atoms with Crippen molar-refractivity contribution in [3.8, 4) is 0 Å². The predicted octanol–water partition coefficient (Wildman–Crippen LogP) is 3.66. The summed E-state index contributed by atoms with van der Waals surface area (Å²) < 4.78 is 0.0895. The monoisotopic (exact) mass is 290 g/mol. The fourth-order valence-corrected chi connectivity index (χ4v) is 0. The highest BCUT2D eigenvalue weighted by Crippen LogP contribution is 2.05. The minimum atomic E-state index is 0. The van der Waals surface area contributed by atoms with E-state index in [1.165, 1.54) is 0 Å². The molecule has 0 aliphatic rings. The van der Waals surface area contributed by atoms with Crippen molar-refractivity contribution in [2.24, 2.45) is 0 Å². The molecule has 0 fully saturated rings. The quantitative estimate of drug-likeness (QED) is 0.639. The van der Waals surface area contributed by atoms with Gasteiger partial charge in [-0.15, -0.1) is 34.0 Å². The zero-order valence-corrected chi connectivity index (χ0v) is 8.72. The minimum absolute atomic E-state index is 0. The van der Waals surface area contributed by atoms with Gasteiger partial charge in [0.25, 0.3) is 0 Å². The standard InChI is InChI=1S/C2HCl3.2BrH/c3-1-2(4)5;;/h1H;2*1H. The Morgan fingerprint density at radius 3 is 1.29 bits per heavy atom. The Balaban J connectivity index is -0.0000000800. The fourth-order valence-electron chi connectivity index (χ4n) is 0. The predicted molar refractivity (Wildman–Crippen MR) is 46.3 cm³/mol. The van der Waals surface area contributed by atoms with Gasteiger partial charge in [-0.25, -0.2) is 0 Å². The highest BCUT2D eigenvalue weighted by molar-refractivity contribution is 8.93. The van der Waals surface area contributed by atoms with Crippen LogP contribution in [0.5, 0.6) is 0 Å². The Kier molecular flexibility index (Phi) is 23.8. The summed E-state index contributed by atoms with van der Waals surface area (Å²) in [5, 5.41) is 0. The van der Waals surface area contributed by atoms with Gasteiger partial charge in [0, 0.05) is 5.54 Å². The Hall–Kier alpha value is 1.57.